The minimum absolute atomic E-state index is 0.00952. The summed E-state index contributed by atoms with van der Waals surface area (Å²) in [6.45, 7) is 6.18. The Balaban J connectivity index is 2.07. The van der Waals surface area contributed by atoms with Gasteiger partial charge in [-0.05, 0) is 44.5 Å². The van der Waals surface area contributed by atoms with Crippen LogP contribution in [0.3, 0.4) is 0 Å². The van der Waals surface area contributed by atoms with Gasteiger partial charge in [-0.25, -0.2) is 0 Å². The molecule has 0 bridgehead atoms. The third-order valence-corrected chi connectivity index (χ3v) is 4.49. The van der Waals surface area contributed by atoms with E-state index in [9.17, 15) is 0 Å². The predicted molar refractivity (Wildman–Crippen MR) is 81.7 cm³/mol. The largest absolute Gasteiger partial charge is 0.360 e. The number of benzene rings is 1. The molecule has 1 aliphatic rings. The molecule has 1 N–H and O–H groups in total. The van der Waals surface area contributed by atoms with Crippen molar-refractivity contribution in [2.24, 2.45) is 0 Å². The van der Waals surface area contributed by atoms with E-state index in [1.54, 1.807) is 11.3 Å². The molecular formula is C16H16N2OS. The van der Waals surface area contributed by atoms with Crippen LogP contribution in [0, 0.1) is 11.3 Å². The quantitative estimate of drug-likeness (QED) is 0.848. The number of anilines is 1. The zero-order valence-electron chi connectivity index (χ0n) is 11.7. The van der Waals surface area contributed by atoms with Crippen molar-refractivity contribution in [2.75, 3.05) is 5.32 Å². The molecule has 1 aliphatic heterocycles. The van der Waals surface area contributed by atoms with Crippen molar-refractivity contribution in [3.8, 4) is 16.5 Å². The Labute approximate surface area is 122 Å². The fourth-order valence-electron chi connectivity index (χ4n) is 2.62. The zero-order chi connectivity index (χ0) is 14.3. The molecule has 3 rings (SSSR count). The summed E-state index contributed by atoms with van der Waals surface area (Å²) in [5.74, 6) is 0. The van der Waals surface area contributed by atoms with Gasteiger partial charge in [0.15, 0.2) is 0 Å². The van der Waals surface area contributed by atoms with Crippen molar-refractivity contribution in [3.63, 3.8) is 0 Å². The van der Waals surface area contributed by atoms with E-state index in [0.29, 0.717) is 5.56 Å². The number of hydrogen-bond acceptors (Lipinski definition) is 4. The SMILES string of the molecule is C[C@H]1Nc2ccc(-c3cc(C#N)cs3)cc2C(C)(C)O1. The summed E-state index contributed by atoms with van der Waals surface area (Å²) >= 11 is 1.59. The fraction of sp³-hybridized carbons (Fsp3) is 0.312. The highest BCUT2D eigenvalue weighted by atomic mass is 32.1. The topological polar surface area (TPSA) is 45.0 Å². The van der Waals surface area contributed by atoms with Gasteiger partial charge in [0.1, 0.15) is 12.3 Å². The lowest BCUT2D eigenvalue weighted by molar-refractivity contribution is -0.0632. The van der Waals surface area contributed by atoms with E-state index < -0.39 is 0 Å². The van der Waals surface area contributed by atoms with Crippen LogP contribution >= 0.6 is 11.3 Å². The lowest BCUT2D eigenvalue weighted by atomic mass is 9.92. The van der Waals surface area contributed by atoms with Crippen molar-refractivity contribution in [1.29, 1.82) is 5.26 Å². The monoisotopic (exact) mass is 284 g/mol. The normalized spacial score (nSPS) is 19.8. The summed E-state index contributed by atoms with van der Waals surface area (Å²) in [4.78, 5) is 1.11. The standard InChI is InChI=1S/C16H16N2OS/c1-10-18-14-5-4-12(7-13(14)16(2,3)19-10)15-6-11(8-17)9-20-15/h4-7,9-10,18H,1-3H3/t10-/m0/s1. The third kappa shape index (κ3) is 2.20. The van der Waals surface area contributed by atoms with E-state index >= 15 is 0 Å². The summed E-state index contributed by atoms with van der Waals surface area (Å²) in [5.41, 5.74) is 3.80. The van der Waals surface area contributed by atoms with Gasteiger partial charge in [-0.2, -0.15) is 5.26 Å². The van der Waals surface area contributed by atoms with Crippen LogP contribution in [0.4, 0.5) is 5.69 Å². The highest BCUT2D eigenvalue weighted by Gasteiger charge is 2.31. The van der Waals surface area contributed by atoms with Gasteiger partial charge < -0.3 is 10.1 Å². The highest BCUT2D eigenvalue weighted by Crippen LogP contribution is 2.40. The molecule has 4 heteroatoms. The first-order valence-electron chi connectivity index (χ1n) is 6.57. The average molecular weight is 284 g/mol. The van der Waals surface area contributed by atoms with Crippen LogP contribution in [0.15, 0.2) is 29.6 Å². The predicted octanol–water partition coefficient (Wildman–Crippen LogP) is 4.31. The molecule has 2 aromatic rings. The van der Waals surface area contributed by atoms with Gasteiger partial charge in [-0.1, -0.05) is 6.07 Å². The van der Waals surface area contributed by atoms with Crippen LogP contribution in [-0.2, 0) is 10.3 Å². The molecule has 0 fully saturated rings. The van der Waals surface area contributed by atoms with E-state index in [-0.39, 0.29) is 11.8 Å². The lowest BCUT2D eigenvalue weighted by Gasteiger charge is -2.37. The Morgan fingerprint density at radius 2 is 2.15 bits per heavy atom. The average Bonchev–Trinajstić information content (AvgIpc) is 2.86. The van der Waals surface area contributed by atoms with Crippen LogP contribution in [0.5, 0.6) is 0 Å². The van der Waals surface area contributed by atoms with E-state index in [1.165, 1.54) is 0 Å². The Kier molecular flexibility index (Phi) is 3.04. The van der Waals surface area contributed by atoms with Crippen molar-refractivity contribution in [3.05, 3.63) is 40.8 Å². The van der Waals surface area contributed by atoms with Gasteiger partial charge in [-0.15, -0.1) is 11.3 Å². The maximum atomic E-state index is 8.93. The molecule has 1 aromatic heterocycles. The zero-order valence-corrected chi connectivity index (χ0v) is 12.5. The van der Waals surface area contributed by atoms with Crippen molar-refractivity contribution >= 4 is 17.0 Å². The van der Waals surface area contributed by atoms with Gasteiger partial charge in [0.05, 0.1) is 11.2 Å². The van der Waals surface area contributed by atoms with E-state index in [4.69, 9.17) is 10.00 Å². The van der Waals surface area contributed by atoms with E-state index in [0.717, 1.165) is 21.7 Å². The van der Waals surface area contributed by atoms with Crippen LogP contribution in [0.2, 0.25) is 0 Å². The number of hydrogen-bond donors (Lipinski definition) is 1. The van der Waals surface area contributed by atoms with Crippen LogP contribution in [-0.4, -0.2) is 6.23 Å². The molecular weight excluding hydrogens is 268 g/mol. The van der Waals surface area contributed by atoms with Crippen LogP contribution < -0.4 is 5.32 Å². The second-order valence-corrected chi connectivity index (χ2v) is 6.40. The molecule has 0 amide bonds. The molecule has 20 heavy (non-hydrogen) atoms. The number of nitrogens with one attached hydrogen (secondary N) is 1. The third-order valence-electron chi connectivity index (χ3n) is 3.51. The fourth-order valence-corrected chi connectivity index (χ4v) is 3.45. The molecule has 0 radical (unpaired) electrons. The summed E-state index contributed by atoms with van der Waals surface area (Å²) in [6, 6.07) is 10.4. The Hall–Kier alpha value is -1.83. The molecule has 2 heterocycles. The number of nitriles is 1. The maximum Gasteiger partial charge on any atom is 0.126 e. The van der Waals surface area contributed by atoms with Crippen LogP contribution in [0.1, 0.15) is 31.9 Å². The number of nitrogens with zero attached hydrogens (tertiary/aromatic N) is 1. The number of fused-ring (bicyclic) bond motifs is 1. The van der Waals surface area contributed by atoms with Crippen LogP contribution in [0.25, 0.3) is 10.4 Å². The van der Waals surface area contributed by atoms with Gasteiger partial charge >= 0.3 is 0 Å². The van der Waals surface area contributed by atoms with Gasteiger partial charge in [-0.3, -0.25) is 0 Å². The van der Waals surface area contributed by atoms with Gasteiger partial charge in [0.25, 0.3) is 0 Å². The highest BCUT2D eigenvalue weighted by molar-refractivity contribution is 7.13. The smallest absolute Gasteiger partial charge is 0.126 e. The minimum atomic E-state index is -0.314. The van der Waals surface area contributed by atoms with Crippen molar-refractivity contribution < 1.29 is 4.74 Å². The first-order valence-corrected chi connectivity index (χ1v) is 7.45. The molecule has 0 saturated heterocycles. The second kappa shape index (κ2) is 4.62. The summed E-state index contributed by atoms with van der Waals surface area (Å²) in [5, 5.41) is 14.2. The first-order chi connectivity index (χ1) is 9.49. The first kappa shape index (κ1) is 13.2. The molecule has 1 atom stereocenters. The Morgan fingerprint density at radius 1 is 1.35 bits per heavy atom. The molecule has 0 spiro atoms. The summed E-state index contributed by atoms with van der Waals surface area (Å²) in [6.07, 6.45) is 0.00952. The Bertz CT molecular complexity index is 697. The van der Waals surface area contributed by atoms with E-state index in [1.807, 2.05) is 18.4 Å². The van der Waals surface area contributed by atoms with Gasteiger partial charge in [0.2, 0.25) is 0 Å². The molecule has 0 unspecified atom stereocenters. The summed E-state index contributed by atoms with van der Waals surface area (Å²) in [7, 11) is 0. The maximum absolute atomic E-state index is 8.93. The number of ether oxygens (including phenoxy) is 1. The molecule has 0 aliphatic carbocycles. The lowest BCUT2D eigenvalue weighted by Crippen LogP contribution is -2.37. The second-order valence-electron chi connectivity index (χ2n) is 5.49. The Morgan fingerprint density at radius 3 is 2.85 bits per heavy atom. The van der Waals surface area contributed by atoms with Gasteiger partial charge in [0, 0.05) is 21.5 Å². The molecule has 0 saturated carbocycles. The molecule has 1 aromatic carbocycles. The van der Waals surface area contributed by atoms with Crippen molar-refractivity contribution in [2.45, 2.75) is 32.6 Å². The minimum Gasteiger partial charge on any atom is -0.360 e. The molecule has 102 valence electrons. The summed E-state index contributed by atoms with van der Waals surface area (Å²) < 4.78 is 5.96. The molecule has 3 nitrogen and oxygen atoms in total. The van der Waals surface area contributed by atoms with E-state index in [2.05, 4.69) is 43.4 Å². The number of rotatable bonds is 1. The number of thiophene rings is 1. The van der Waals surface area contributed by atoms with Crippen molar-refractivity contribution in [1.82, 2.24) is 0 Å².